The van der Waals surface area contributed by atoms with Gasteiger partial charge in [0.1, 0.15) is 11.2 Å². The molecule has 1 N–H and O–H groups in total. The smallest absolute Gasteiger partial charge is 0.273 e. The van der Waals surface area contributed by atoms with E-state index in [-0.39, 0.29) is 29.2 Å². The average molecular weight is 479 g/mol. The molecule has 0 unspecified atom stereocenters. The highest BCUT2D eigenvalue weighted by molar-refractivity contribution is 5.99. The van der Waals surface area contributed by atoms with E-state index in [0.717, 1.165) is 36.9 Å². The normalized spacial score (nSPS) is 22.8. The molecule has 190 valence electrons. The first-order chi connectivity index (χ1) is 16.6. The van der Waals surface area contributed by atoms with Crippen molar-refractivity contribution in [1.82, 2.24) is 20.0 Å². The van der Waals surface area contributed by atoms with Crippen molar-refractivity contribution in [3.63, 3.8) is 0 Å². The van der Waals surface area contributed by atoms with Gasteiger partial charge in [-0.05, 0) is 37.3 Å². The van der Waals surface area contributed by atoms with E-state index in [1.54, 1.807) is 4.68 Å². The molecule has 1 aliphatic carbocycles. The monoisotopic (exact) mass is 478 g/mol. The van der Waals surface area contributed by atoms with Gasteiger partial charge in [0.25, 0.3) is 5.91 Å². The fourth-order valence-electron chi connectivity index (χ4n) is 5.40. The number of carbonyl (C=O) groups excluding carboxylic acids is 2. The highest BCUT2D eigenvalue weighted by atomic mass is 16.2. The molecule has 1 saturated carbocycles. The fraction of sp³-hybridized carbons (Fsp3) is 0.621. The Morgan fingerprint density at radius 3 is 2.37 bits per heavy atom. The van der Waals surface area contributed by atoms with E-state index in [1.807, 2.05) is 36.1 Å². The van der Waals surface area contributed by atoms with Crippen LogP contribution in [0.1, 0.15) is 107 Å². The van der Waals surface area contributed by atoms with Gasteiger partial charge in [-0.15, -0.1) is 0 Å². The number of nitrogens with zero attached hydrogens (tertiary/aromatic N) is 3. The molecule has 2 heterocycles. The molecule has 2 atom stereocenters. The van der Waals surface area contributed by atoms with Crippen LogP contribution in [0.2, 0.25) is 0 Å². The zero-order chi connectivity index (χ0) is 25.2. The Morgan fingerprint density at radius 1 is 1.11 bits per heavy atom. The van der Waals surface area contributed by atoms with Crippen molar-refractivity contribution in [2.24, 2.45) is 0 Å². The molecule has 6 nitrogen and oxygen atoms in total. The number of nitrogens with one attached hydrogen (secondary N) is 1. The fourth-order valence-corrected chi connectivity index (χ4v) is 5.40. The van der Waals surface area contributed by atoms with Gasteiger partial charge >= 0.3 is 0 Å². The number of benzene rings is 1. The maximum Gasteiger partial charge on any atom is 0.273 e. The van der Waals surface area contributed by atoms with E-state index in [2.05, 4.69) is 45.1 Å². The molecular weight excluding hydrogens is 436 g/mol. The van der Waals surface area contributed by atoms with E-state index < -0.39 is 5.54 Å². The SMILES string of the molecule is C[C@H](CN1C(=O)c2cc(C(C)(C)C)nn2C[C@]1(C)C(=O)NC1CCCCCCC1)c1ccccc1. The Kier molecular flexibility index (Phi) is 7.39. The first-order valence-corrected chi connectivity index (χ1v) is 13.4. The molecule has 0 saturated heterocycles. The summed E-state index contributed by atoms with van der Waals surface area (Å²) in [5, 5.41) is 8.14. The molecule has 35 heavy (non-hydrogen) atoms. The minimum Gasteiger partial charge on any atom is -0.351 e. The van der Waals surface area contributed by atoms with Crippen molar-refractivity contribution in [2.45, 2.75) is 109 Å². The Bertz CT molecular complexity index is 1030. The third-order valence-electron chi connectivity index (χ3n) is 7.82. The number of amides is 2. The lowest BCUT2D eigenvalue weighted by Gasteiger charge is -2.45. The Hall–Kier alpha value is -2.63. The van der Waals surface area contributed by atoms with Crippen LogP contribution in [0.3, 0.4) is 0 Å². The summed E-state index contributed by atoms with van der Waals surface area (Å²) in [7, 11) is 0. The second kappa shape index (κ2) is 10.2. The van der Waals surface area contributed by atoms with E-state index in [9.17, 15) is 9.59 Å². The standard InChI is InChI=1S/C29H42N4O2/c1-21(22-14-10-9-11-15-22)19-32-26(34)24-18-25(28(2,3)4)31-33(24)20-29(32,5)27(35)30-23-16-12-7-6-8-13-17-23/h9-11,14-15,18,21,23H,6-8,12-13,16-17,19-20H2,1-5H3,(H,30,35)/t21-,29-/m1/s1. The van der Waals surface area contributed by atoms with Crippen LogP contribution in [0.25, 0.3) is 0 Å². The van der Waals surface area contributed by atoms with Crippen molar-refractivity contribution in [1.29, 1.82) is 0 Å². The molecule has 1 fully saturated rings. The molecule has 1 aliphatic heterocycles. The number of hydrogen-bond acceptors (Lipinski definition) is 3. The molecule has 0 radical (unpaired) electrons. The van der Waals surface area contributed by atoms with Gasteiger partial charge in [-0.3, -0.25) is 14.3 Å². The molecular formula is C29H42N4O2. The lowest BCUT2D eigenvalue weighted by Crippen LogP contribution is -2.65. The quantitative estimate of drug-likeness (QED) is 0.623. The van der Waals surface area contributed by atoms with E-state index in [4.69, 9.17) is 5.10 Å². The van der Waals surface area contributed by atoms with Gasteiger partial charge in [-0.2, -0.15) is 5.10 Å². The minimum absolute atomic E-state index is 0.0601. The largest absolute Gasteiger partial charge is 0.351 e. The van der Waals surface area contributed by atoms with Crippen molar-refractivity contribution in [2.75, 3.05) is 6.54 Å². The van der Waals surface area contributed by atoms with Gasteiger partial charge in [-0.25, -0.2) is 0 Å². The van der Waals surface area contributed by atoms with Gasteiger partial charge < -0.3 is 10.2 Å². The predicted molar refractivity (Wildman–Crippen MR) is 139 cm³/mol. The summed E-state index contributed by atoms with van der Waals surface area (Å²) in [5.74, 6) is -0.0716. The third-order valence-corrected chi connectivity index (χ3v) is 7.82. The maximum absolute atomic E-state index is 13.9. The summed E-state index contributed by atoms with van der Waals surface area (Å²) in [5.41, 5.74) is 1.44. The summed E-state index contributed by atoms with van der Waals surface area (Å²) in [6, 6.07) is 12.3. The first-order valence-electron chi connectivity index (χ1n) is 13.4. The van der Waals surface area contributed by atoms with Crippen LogP contribution < -0.4 is 5.32 Å². The maximum atomic E-state index is 13.9. The summed E-state index contributed by atoms with van der Waals surface area (Å²) in [4.78, 5) is 29.7. The molecule has 1 aromatic heterocycles. The third kappa shape index (κ3) is 5.46. The second-order valence-electron chi connectivity index (χ2n) is 11.8. The second-order valence-corrected chi connectivity index (χ2v) is 11.8. The van der Waals surface area contributed by atoms with Crippen LogP contribution in [-0.2, 0) is 16.8 Å². The van der Waals surface area contributed by atoms with E-state index in [1.165, 1.54) is 19.3 Å². The zero-order valence-corrected chi connectivity index (χ0v) is 22.1. The molecule has 2 amide bonds. The Morgan fingerprint density at radius 2 is 1.74 bits per heavy atom. The molecule has 2 aliphatic rings. The lowest BCUT2D eigenvalue weighted by molar-refractivity contribution is -0.134. The van der Waals surface area contributed by atoms with Crippen molar-refractivity contribution in [3.8, 4) is 0 Å². The highest BCUT2D eigenvalue weighted by Crippen LogP contribution is 2.33. The zero-order valence-electron chi connectivity index (χ0n) is 22.1. The van der Waals surface area contributed by atoms with Crippen molar-refractivity contribution >= 4 is 11.8 Å². The summed E-state index contributed by atoms with van der Waals surface area (Å²) in [6.45, 7) is 11.2. The van der Waals surface area contributed by atoms with Gasteiger partial charge in [0.15, 0.2) is 0 Å². The number of rotatable bonds is 5. The molecule has 1 aromatic carbocycles. The molecule has 0 spiro atoms. The Balaban J connectivity index is 1.65. The van der Waals surface area contributed by atoms with Crippen LogP contribution in [0.5, 0.6) is 0 Å². The van der Waals surface area contributed by atoms with E-state index in [0.29, 0.717) is 18.8 Å². The van der Waals surface area contributed by atoms with Crippen LogP contribution in [0, 0.1) is 0 Å². The topological polar surface area (TPSA) is 67.2 Å². The van der Waals surface area contributed by atoms with Crippen LogP contribution in [0.15, 0.2) is 36.4 Å². The molecule has 2 aromatic rings. The minimum atomic E-state index is -1.00. The summed E-state index contributed by atoms with van der Waals surface area (Å²) in [6.07, 6.45) is 8.07. The van der Waals surface area contributed by atoms with Gasteiger partial charge in [0.2, 0.25) is 5.91 Å². The Labute approximate surface area is 210 Å². The highest BCUT2D eigenvalue weighted by Gasteiger charge is 2.49. The number of carbonyl (C=O) groups is 2. The summed E-state index contributed by atoms with van der Waals surface area (Å²) >= 11 is 0. The lowest BCUT2D eigenvalue weighted by atomic mass is 9.89. The molecule has 0 bridgehead atoms. The summed E-state index contributed by atoms with van der Waals surface area (Å²) < 4.78 is 1.77. The molecule has 4 rings (SSSR count). The number of hydrogen-bond donors (Lipinski definition) is 1. The van der Waals surface area contributed by atoms with Crippen LogP contribution in [-0.4, -0.2) is 44.6 Å². The predicted octanol–water partition coefficient (Wildman–Crippen LogP) is 5.43. The van der Waals surface area contributed by atoms with Crippen molar-refractivity contribution in [3.05, 3.63) is 53.3 Å². The van der Waals surface area contributed by atoms with Crippen LogP contribution >= 0.6 is 0 Å². The number of fused-ring (bicyclic) bond motifs is 1. The molecule has 6 heteroatoms. The number of aromatic nitrogens is 2. The van der Waals surface area contributed by atoms with Crippen LogP contribution in [0.4, 0.5) is 0 Å². The van der Waals surface area contributed by atoms with E-state index >= 15 is 0 Å². The average Bonchev–Trinajstić information content (AvgIpc) is 3.23. The first kappa shape index (κ1) is 25.5. The van der Waals surface area contributed by atoms with Crippen molar-refractivity contribution < 1.29 is 9.59 Å². The van der Waals surface area contributed by atoms with Gasteiger partial charge in [0.05, 0.1) is 12.2 Å². The van der Waals surface area contributed by atoms with Gasteiger partial charge in [0, 0.05) is 18.0 Å². The van der Waals surface area contributed by atoms with Gasteiger partial charge in [-0.1, -0.05) is 90.1 Å².